The van der Waals surface area contributed by atoms with Gasteiger partial charge in [0.05, 0.1) is 18.8 Å². The fraction of sp³-hybridized carbons (Fsp3) is 0.706. The van der Waals surface area contributed by atoms with E-state index in [0.717, 1.165) is 38.6 Å². The summed E-state index contributed by atoms with van der Waals surface area (Å²) < 4.78 is 12.3. The van der Waals surface area contributed by atoms with Crippen LogP contribution in [0.3, 0.4) is 0 Å². The molecule has 2 aliphatic carbocycles. The Kier molecular flexibility index (Phi) is 3.93. The molecular weight excluding hydrogens is 264 g/mol. The van der Waals surface area contributed by atoms with Crippen molar-refractivity contribution in [1.29, 1.82) is 0 Å². The molecule has 4 nitrogen and oxygen atoms in total. The van der Waals surface area contributed by atoms with Crippen molar-refractivity contribution >= 4 is 0 Å². The second kappa shape index (κ2) is 6.03. The third kappa shape index (κ3) is 3.12. The molecule has 0 radical (unpaired) electrons. The molecule has 2 heterocycles. The highest BCUT2D eigenvalue weighted by Gasteiger charge is 2.43. The second-order valence-electron chi connectivity index (χ2n) is 6.63. The maximum Gasteiger partial charge on any atom is 0.0991 e. The Hall–Kier alpha value is -0.970. The van der Waals surface area contributed by atoms with E-state index in [1.165, 1.54) is 24.8 Å². The number of pyridine rings is 1. The van der Waals surface area contributed by atoms with Gasteiger partial charge in [0.1, 0.15) is 0 Å². The smallest absolute Gasteiger partial charge is 0.0991 e. The number of fused-ring (bicyclic) bond motifs is 2. The van der Waals surface area contributed by atoms with Crippen LogP contribution >= 0.6 is 0 Å². The van der Waals surface area contributed by atoms with Gasteiger partial charge in [-0.2, -0.15) is 0 Å². The summed E-state index contributed by atoms with van der Waals surface area (Å²) >= 11 is 0. The quantitative estimate of drug-likeness (QED) is 0.832. The number of nitrogens with zero attached hydrogens (tertiary/aromatic N) is 2. The maximum absolute atomic E-state index is 6.26. The van der Waals surface area contributed by atoms with Crippen molar-refractivity contribution in [3.05, 3.63) is 30.1 Å². The molecular formula is C17H24N2O2. The molecule has 21 heavy (non-hydrogen) atoms. The molecule has 3 aliphatic rings. The zero-order valence-corrected chi connectivity index (χ0v) is 12.5. The molecule has 0 unspecified atom stereocenters. The van der Waals surface area contributed by atoms with Crippen molar-refractivity contribution in [1.82, 2.24) is 9.88 Å². The van der Waals surface area contributed by atoms with Crippen molar-refractivity contribution in [3.8, 4) is 0 Å². The average Bonchev–Trinajstić information content (AvgIpc) is 3.26. The van der Waals surface area contributed by atoms with Crippen LogP contribution in [0.5, 0.6) is 0 Å². The summed E-state index contributed by atoms with van der Waals surface area (Å²) in [4.78, 5) is 6.78. The summed E-state index contributed by atoms with van der Waals surface area (Å²) in [7, 11) is 0. The lowest BCUT2D eigenvalue weighted by atomic mass is 10.1. The molecule has 0 N–H and O–H groups in total. The third-order valence-corrected chi connectivity index (χ3v) is 5.00. The largest absolute Gasteiger partial charge is 0.374 e. The molecule has 0 aromatic carbocycles. The monoisotopic (exact) mass is 288 g/mol. The van der Waals surface area contributed by atoms with Crippen LogP contribution in [-0.4, -0.2) is 47.9 Å². The summed E-state index contributed by atoms with van der Waals surface area (Å²) in [6, 6.07) is 4.68. The van der Waals surface area contributed by atoms with Gasteiger partial charge in [-0.1, -0.05) is 6.07 Å². The number of rotatable bonds is 5. The molecule has 1 saturated heterocycles. The lowest BCUT2D eigenvalue weighted by Gasteiger charge is -2.31. The van der Waals surface area contributed by atoms with E-state index in [-0.39, 0.29) is 6.10 Å². The number of ether oxygens (including phenoxy) is 2. The maximum atomic E-state index is 6.26. The zero-order valence-electron chi connectivity index (χ0n) is 12.5. The van der Waals surface area contributed by atoms with E-state index in [0.29, 0.717) is 12.1 Å². The average molecular weight is 288 g/mol. The fourth-order valence-corrected chi connectivity index (χ4v) is 3.64. The van der Waals surface area contributed by atoms with Crippen molar-refractivity contribution in [2.24, 2.45) is 5.92 Å². The summed E-state index contributed by atoms with van der Waals surface area (Å²) in [5.41, 5.74) is 1.28. The van der Waals surface area contributed by atoms with Crippen LogP contribution in [0.1, 0.15) is 31.2 Å². The van der Waals surface area contributed by atoms with E-state index < -0.39 is 0 Å². The van der Waals surface area contributed by atoms with E-state index in [2.05, 4.69) is 16.0 Å². The molecule has 1 aliphatic heterocycles. The van der Waals surface area contributed by atoms with Crippen molar-refractivity contribution < 1.29 is 9.47 Å². The van der Waals surface area contributed by atoms with Gasteiger partial charge >= 0.3 is 0 Å². The first kappa shape index (κ1) is 13.7. The molecule has 3 fully saturated rings. The molecule has 0 spiro atoms. The Morgan fingerprint density at radius 2 is 2.24 bits per heavy atom. The van der Waals surface area contributed by atoms with Crippen LogP contribution in [0.4, 0.5) is 0 Å². The summed E-state index contributed by atoms with van der Waals surface area (Å²) in [5, 5.41) is 0. The Bertz CT molecular complexity index is 463. The molecule has 2 bridgehead atoms. The van der Waals surface area contributed by atoms with Gasteiger partial charge in [-0.05, 0) is 43.2 Å². The van der Waals surface area contributed by atoms with Gasteiger partial charge in [0.2, 0.25) is 0 Å². The molecule has 1 aromatic heterocycles. The first-order valence-electron chi connectivity index (χ1n) is 8.26. The SMILES string of the molecule is c1cncc(CN2CCO[C@H]3CC[C@H]2[C@@H]3OCC2CC2)c1. The summed E-state index contributed by atoms with van der Waals surface area (Å²) in [6.07, 6.45) is 9.42. The van der Waals surface area contributed by atoms with E-state index in [1.54, 1.807) is 0 Å². The highest BCUT2D eigenvalue weighted by Crippen LogP contribution is 2.35. The molecule has 114 valence electrons. The Morgan fingerprint density at radius 3 is 3.05 bits per heavy atom. The minimum absolute atomic E-state index is 0.268. The third-order valence-electron chi connectivity index (χ3n) is 5.00. The fourth-order valence-electron chi connectivity index (χ4n) is 3.64. The standard InChI is InChI=1S/C17H24N2O2/c1-2-14(10-18-7-1)11-19-8-9-20-16-6-5-15(19)17(16)21-12-13-3-4-13/h1-2,7,10,13,15-17H,3-6,8-9,11-12H2/t15-,16-,17-/m0/s1. The molecule has 3 atom stereocenters. The van der Waals surface area contributed by atoms with Gasteiger partial charge in [-0.3, -0.25) is 9.88 Å². The number of hydrogen-bond donors (Lipinski definition) is 0. The van der Waals surface area contributed by atoms with Crippen molar-refractivity contribution in [2.45, 2.75) is 50.5 Å². The van der Waals surface area contributed by atoms with Crippen LogP contribution in [0, 0.1) is 5.92 Å². The molecule has 4 rings (SSSR count). The minimum atomic E-state index is 0.268. The van der Waals surface area contributed by atoms with E-state index >= 15 is 0 Å². The first-order chi connectivity index (χ1) is 10.4. The normalized spacial score (nSPS) is 33.0. The summed E-state index contributed by atoms with van der Waals surface area (Å²) in [6.45, 7) is 3.71. The zero-order chi connectivity index (χ0) is 14.1. The molecule has 0 amide bonds. The minimum Gasteiger partial charge on any atom is -0.374 e. The van der Waals surface area contributed by atoms with Gasteiger partial charge in [0, 0.05) is 38.1 Å². The Morgan fingerprint density at radius 1 is 1.29 bits per heavy atom. The number of aromatic nitrogens is 1. The van der Waals surface area contributed by atoms with Gasteiger partial charge in [-0.15, -0.1) is 0 Å². The number of hydrogen-bond acceptors (Lipinski definition) is 4. The Labute approximate surface area is 126 Å². The van der Waals surface area contributed by atoms with E-state index in [9.17, 15) is 0 Å². The highest BCUT2D eigenvalue weighted by molar-refractivity contribution is 5.09. The highest BCUT2D eigenvalue weighted by atomic mass is 16.5. The Balaban J connectivity index is 1.45. The van der Waals surface area contributed by atoms with Gasteiger partial charge in [-0.25, -0.2) is 0 Å². The van der Waals surface area contributed by atoms with Crippen LogP contribution in [-0.2, 0) is 16.0 Å². The lowest BCUT2D eigenvalue weighted by molar-refractivity contribution is -0.0572. The van der Waals surface area contributed by atoms with Crippen molar-refractivity contribution in [2.75, 3.05) is 19.8 Å². The van der Waals surface area contributed by atoms with Gasteiger partial charge < -0.3 is 9.47 Å². The predicted molar refractivity (Wildman–Crippen MR) is 79.9 cm³/mol. The molecule has 1 aromatic rings. The van der Waals surface area contributed by atoms with Gasteiger partial charge in [0.15, 0.2) is 0 Å². The van der Waals surface area contributed by atoms with Crippen LogP contribution < -0.4 is 0 Å². The summed E-state index contributed by atoms with van der Waals surface area (Å²) in [5.74, 6) is 0.819. The molecule has 4 heteroatoms. The van der Waals surface area contributed by atoms with Crippen LogP contribution in [0.25, 0.3) is 0 Å². The van der Waals surface area contributed by atoms with Crippen LogP contribution in [0.15, 0.2) is 24.5 Å². The topological polar surface area (TPSA) is 34.6 Å². The van der Waals surface area contributed by atoms with Gasteiger partial charge in [0.25, 0.3) is 0 Å². The van der Waals surface area contributed by atoms with E-state index in [1.807, 2.05) is 18.5 Å². The van der Waals surface area contributed by atoms with E-state index in [4.69, 9.17) is 9.47 Å². The first-order valence-corrected chi connectivity index (χ1v) is 8.26. The predicted octanol–water partition coefficient (Wildman–Crippen LogP) is 2.24. The van der Waals surface area contributed by atoms with Crippen LogP contribution in [0.2, 0.25) is 0 Å². The second-order valence-corrected chi connectivity index (χ2v) is 6.63. The molecule has 2 saturated carbocycles. The lowest BCUT2D eigenvalue weighted by Crippen LogP contribution is -2.43. The van der Waals surface area contributed by atoms with Crippen molar-refractivity contribution in [3.63, 3.8) is 0 Å².